The number of hydrogen-bond acceptors (Lipinski definition) is 3. The van der Waals surface area contributed by atoms with Crippen molar-refractivity contribution < 1.29 is 4.42 Å². The summed E-state index contributed by atoms with van der Waals surface area (Å²) in [6.45, 7) is 4.64. The third-order valence-corrected chi connectivity index (χ3v) is 9.67. The summed E-state index contributed by atoms with van der Waals surface area (Å²) in [5.41, 5.74) is 13.3. The molecule has 0 amide bonds. The molecule has 0 spiro atoms. The van der Waals surface area contributed by atoms with E-state index in [1.165, 1.54) is 44.2 Å². The number of anilines is 3. The minimum atomic E-state index is -0.215. The first-order chi connectivity index (χ1) is 23.0. The summed E-state index contributed by atoms with van der Waals surface area (Å²) in [7, 11) is 0. The topological polar surface area (TPSA) is 29.3 Å². The lowest BCUT2D eigenvalue weighted by atomic mass is 9.82. The van der Waals surface area contributed by atoms with Crippen LogP contribution in [-0.2, 0) is 5.41 Å². The minimum Gasteiger partial charge on any atom is -0.436 e. The number of hydrogen-bond donors (Lipinski definition) is 0. The van der Waals surface area contributed by atoms with Crippen molar-refractivity contribution in [3.8, 4) is 33.7 Å². The van der Waals surface area contributed by atoms with Crippen LogP contribution in [0.1, 0.15) is 25.0 Å². The van der Waals surface area contributed by atoms with E-state index in [0.29, 0.717) is 5.89 Å². The summed E-state index contributed by atoms with van der Waals surface area (Å²) < 4.78 is 6.30. The molecule has 1 aliphatic carbocycles. The fourth-order valence-electron chi connectivity index (χ4n) is 7.18. The molecule has 1 aliphatic rings. The van der Waals surface area contributed by atoms with Gasteiger partial charge in [0.05, 0.1) is 0 Å². The third-order valence-electron chi connectivity index (χ3n) is 9.67. The van der Waals surface area contributed by atoms with Crippen molar-refractivity contribution >= 4 is 38.9 Å². The van der Waals surface area contributed by atoms with Crippen LogP contribution in [0.5, 0.6) is 0 Å². The third kappa shape index (κ3) is 4.54. The molecule has 7 aromatic carbocycles. The molecule has 0 N–H and O–H groups in total. The van der Waals surface area contributed by atoms with E-state index in [1.807, 2.05) is 30.3 Å². The number of oxazole rings is 1. The van der Waals surface area contributed by atoms with Crippen LogP contribution in [0.15, 0.2) is 162 Å². The molecule has 3 heteroatoms. The second-order valence-corrected chi connectivity index (χ2v) is 12.9. The van der Waals surface area contributed by atoms with Gasteiger partial charge in [0.25, 0.3) is 0 Å². The maximum absolute atomic E-state index is 6.30. The molecule has 1 aromatic heterocycles. The summed E-state index contributed by atoms with van der Waals surface area (Å²) in [6.07, 6.45) is 0. The van der Waals surface area contributed by atoms with Crippen molar-refractivity contribution in [2.75, 3.05) is 4.90 Å². The van der Waals surface area contributed by atoms with Crippen molar-refractivity contribution in [2.45, 2.75) is 19.3 Å². The van der Waals surface area contributed by atoms with Gasteiger partial charge in [-0.25, -0.2) is 4.98 Å². The van der Waals surface area contributed by atoms with Gasteiger partial charge in [0.2, 0.25) is 5.89 Å². The lowest BCUT2D eigenvalue weighted by Gasteiger charge is -2.28. The van der Waals surface area contributed by atoms with Crippen molar-refractivity contribution in [2.24, 2.45) is 0 Å². The van der Waals surface area contributed by atoms with E-state index in [2.05, 4.69) is 146 Å². The zero-order valence-electron chi connectivity index (χ0n) is 26.3. The molecule has 8 aromatic rings. The van der Waals surface area contributed by atoms with Gasteiger partial charge in [-0.3, -0.25) is 0 Å². The first kappa shape index (κ1) is 27.4. The van der Waals surface area contributed by atoms with Crippen molar-refractivity contribution in [3.63, 3.8) is 0 Å². The Hall–Kier alpha value is -5.93. The van der Waals surface area contributed by atoms with Gasteiger partial charge in [0.15, 0.2) is 5.58 Å². The Bertz CT molecular complexity index is 2420. The lowest BCUT2D eigenvalue weighted by Crippen LogP contribution is -2.16. The van der Waals surface area contributed by atoms with Crippen LogP contribution in [-0.4, -0.2) is 4.98 Å². The summed E-state index contributed by atoms with van der Waals surface area (Å²) in [5, 5.41) is 2.45. The van der Waals surface area contributed by atoms with E-state index in [0.717, 1.165) is 33.7 Å². The second kappa shape index (κ2) is 10.6. The molecule has 0 aliphatic heterocycles. The Labute approximate surface area is 274 Å². The van der Waals surface area contributed by atoms with Gasteiger partial charge in [-0.15, -0.1) is 0 Å². The largest absolute Gasteiger partial charge is 0.436 e. The highest BCUT2D eigenvalue weighted by Gasteiger charge is 2.37. The second-order valence-electron chi connectivity index (χ2n) is 12.9. The maximum atomic E-state index is 6.30. The summed E-state index contributed by atoms with van der Waals surface area (Å²) in [4.78, 5) is 7.27. The zero-order valence-corrected chi connectivity index (χ0v) is 26.3. The molecule has 0 radical (unpaired) electrons. The molecule has 3 nitrogen and oxygen atoms in total. The lowest BCUT2D eigenvalue weighted by molar-refractivity contribution is 0.619. The first-order valence-electron chi connectivity index (χ1n) is 16.1. The molecule has 0 saturated heterocycles. The van der Waals surface area contributed by atoms with Crippen molar-refractivity contribution in [1.82, 2.24) is 4.98 Å². The zero-order chi connectivity index (χ0) is 31.5. The molecule has 0 saturated carbocycles. The Kier molecular flexibility index (Phi) is 6.16. The molecule has 0 atom stereocenters. The average molecular weight is 605 g/mol. The number of rotatable bonds is 5. The van der Waals surface area contributed by atoms with Crippen LogP contribution in [0.25, 0.3) is 55.6 Å². The fraction of sp³-hybridized carbons (Fsp3) is 0.0682. The van der Waals surface area contributed by atoms with Crippen LogP contribution < -0.4 is 4.90 Å². The van der Waals surface area contributed by atoms with Crippen molar-refractivity contribution in [3.05, 3.63) is 169 Å². The number of aromatic nitrogens is 1. The van der Waals surface area contributed by atoms with Crippen LogP contribution in [0.3, 0.4) is 0 Å². The molecular formula is C44H32N2O. The number of benzene rings is 7. The molecule has 0 bridgehead atoms. The maximum Gasteiger partial charge on any atom is 0.227 e. The highest BCUT2D eigenvalue weighted by atomic mass is 16.3. The van der Waals surface area contributed by atoms with Gasteiger partial charge in [-0.1, -0.05) is 111 Å². The normalized spacial score (nSPS) is 13.1. The van der Waals surface area contributed by atoms with Gasteiger partial charge >= 0.3 is 0 Å². The monoisotopic (exact) mass is 604 g/mol. The summed E-state index contributed by atoms with van der Waals surface area (Å²) in [6, 6.07) is 56.2. The van der Waals surface area contributed by atoms with E-state index in [9.17, 15) is 0 Å². The molecule has 9 rings (SSSR count). The SMILES string of the molecule is CC1(C)c2cc(N(c3ccc(-c4ccccc4)cc3)c3ccc4ccccc4c3)ccc2-c2cc3oc(-c4ccccc4)nc3cc21. The predicted octanol–water partition coefficient (Wildman–Crippen LogP) is 12.1. The molecule has 1 heterocycles. The Morgan fingerprint density at radius 3 is 1.85 bits per heavy atom. The van der Waals surface area contributed by atoms with E-state index in [4.69, 9.17) is 9.40 Å². The van der Waals surface area contributed by atoms with E-state index in [1.54, 1.807) is 0 Å². The standard InChI is InChI=1S/C44H32N2O/c1-44(2)39-26-36(23-24-37(39)38-27-42-41(28-40(38)44)45-43(47-42)32-14-7-4-8-15-32)46(35-22-19-30-13-9-10-16-33(30)25-35)34-20-17-31(18-21-34)29-11-5-3-6-12-29/h3-28H,1-2H3. The molecule has 47 heavy (non-hydrogen) atoms. The average Bonchev–Trinajstić information content (AvgIpc) is 3.64. The molecular weight excluding hydrogens is 572 g/mol. The van der Waals surface area contributed by atoms with Gasteiger partial charge in [0, 0.05) is 28.0 Å². The first-order valence-corrected chi connectivity index (χ1v) is 16.1. The van der Waals surface area contributed by atoms with Gasteiger partial charge in [-0.2, -0.15) is 0 Å². The number of nitrogens with zero attached hydrogens (tertiary/aromatic N) is 2. The fourth-order valence-corrected chi connectivity index (χ4v) is 7.18. The molecule has 0 fully saturated rings. The van der Waals surface area contributed by atoms with Crippen LogP contribution in [0.2, 0.25) is 0 Å². The Morgan fingerprint density at radius 2 is 1.09 bits per heavy atom. The minimum absolute atomic E-state index is 0.215. The highest BCUT2D eigenvalue weighted by Crippen LogP contribution is 2.52. The number of fused-ring (bicyclic) bond motifs is 5. The van der Waals surface area contributed by atoms with Gasteiger partial charge < -0.3 is 9.32 Å². The van der Waals surface area contributed by atoms with E-state index in [-0.39, 0.29) is 5.41 Å². The molecule has 224 valence electrons. The molecule has 0 unspecified atom stereocenters. The highest BCUT2D eigenvalue weighted by molar-refractivity contribution is 5.93. The summed E-state index contributed by atoms with van der Waals surface area (Å²) in [5.74, 6) is 0.655. The Balaban J connectivity index is 1.17. The smallest absolute Gasteiger partial charge is 0.227 e. The van der Waals surface area contributed by atoms with E-state index >= 15 is 0 Å². The summed E-state index contributed by atoms with van der Waals surface area (Å²) >= 11 is 0. The van der Waals surface area contributed by atoms with Crippen LogP contribution in [0.4, 0.5) is 17.1 Å². The van der Waals surface area contributed by atoms with Crippen molar-refractivity contribution in [1.29, 1.82) is 0 Å². The van der Waals surface area contributed by atoms with Gasteiger partial charge in [-0.05, 0) is 105 Å². The van der Waals surface area contributed by atoms with E-state index < -0.39 is 0 Å². The van der Waals surface area contributed by atoms with Crippen LogP contribution in [0, 0.1) is 0 Å². The van der Waals surface area contributed by atoms with Gasteiger partial charge in [0.1, 0.15) is 5.52 Å². The predicted molar refractivity (Wildman–Crippen MR) is 195 cm³/mol. The Morgan fingerprint density at radius 1 is 0.489 bits per heavy atom. The van der Waals surface area contributed by atoms with Crippen LogP contribution >= 0.6 is 0 Å². The quantitative estimate of drug-likeness (QED) is 0.196.